The average Bonchev–Trinajstić information content (AvgIpc) is 3.07. The number of hydrogen-bond acceptors (Lipinski definition) is 7. The van der Waals surface area contributed by atoms with Gasteiger partial charge in [-0.2, -0.15) is 14.0 Å². The number of imide groups is 1. The number of anilines is 1. The Labute approximate surface area is 201 Å². The summed E-state index contributed by atoms with van der Waals surface area (Å²) in [7, 11) is 0. The smallest absolute Gasteiger partial charge is 0.387 e. The Kier molecular flexibility index (Phi) is 7.12. The Balaban J connectivity index is 1.30. The van der Waals surface area contributed by atoms with Crippen LogP contribution in [0.2, 0.25) is 0 Å². The number of nitrogens with zero attached hydrogens (tertiary/aromatic N) is 5. The molecule has 2 aromatic rings. The van der Waals surface area contributed by atoms with E-state index in [4.69, 9.17) is 5.26 Å². The lowest BCUT2D eigenvalue weighted by molar-refractivity contribution is -0.132. The fourth-order valence-corrected chi connectivity index (χ4v) is 4.26. The van der Waals surface area contributed by atoms with Gasteiger partial charge in [-0.15, -0.1) is 0 Å². The molecule has 0 bridgehead atoms. The number of piperazine rings is 1. The van der Waals surface area contributed by atoms with E-state index in [1.54, 1.807) is 37.4 Å². The minimum absolute atomic E-state index is 0.0695. The maximum atomic E-state index is 13.1. The van der Waals surface area contributed by atoms with Crippen LogP contribution in [-0.2, 0) is 11.2 Å². The fourth-order valence-electron chi connectivity index (χ4n) is 4.26. The Morgan fingerprint density at radius 1 is 1.17 bits per heavy atom. The number of pyridine rings is 1. The lowest BCUT2D eigenvalue weighted by atomic mass is 9.93. The van der Waals surface area contributed by atoms with Gasteiger partial charge in [-0.05, 0) is 49.6 Å². The topological polar surface area (TPSA) is 102 Å². The average molecular weight is 485 g/mol. The molecule has 0 spiro atoms. The number of alkyl halides is 2. The number of urea groups is 1. The molecule has 3 heterocycles. The summed E-state index contributed by atoms with van der Waals surface area (Å²) in [6.07, 6.45) is 2.47. The van der Waals surface area contributed by atoms with Crippen LogP contribution in [-0.4, -0.2) is 71.7 Å². The standard InChI is InChI=1S/C24H26F2N6O3/c1-24(8-6-17-2-4-19(5-3-17)35-22(25)26)21(33)32(23(34)29-24)16-30-10-12-31(13-11-30)20-14-18(15-27)7-9-28-20/h2-5,7,9,14,22H,6,8,10-13,16H2,1H3,(H,29,34). The number of benzene rings is 1. The van der Waals surface area contributed by atoms with Crippen molar-refractivity contribution in [3.05, 3.63) is 53.7 Å². The molecule has 11 heteroatoms. The number of hydrogen-bond donors (Lipinski definition) is 1. The highest BCUT2D eigenvalue weighted by Crippen LogP contribution is 2.25. The molecule has 1 N–H and O–H groups in total. The number of amides is 3. The Bertz CT molecular complexity index is 1110. The molecule has 1 atom stereocenters. The van der Waals surface area contributed by atoms with Crippen molar-refractivity contribution >= 4 is 17.8 Å². The maximum Gasteiger partial charge on any atom is 0.387 e. The minimum atomic E-state index is -2.88. The van der Waals surface area contributed by atoms with Crippen molar-refractivity contribution in [2.24, 2.45) is 0 Å². The predicted molar refractivity (Wildman–Crippen MR) is 123 cm³/mol. The first-order chi connectivity index (χ1) is 16.8. The van der Waals surface area contributed by atoms with Crippen molar-refractivity contribution in [3.8, 4) is 11.8 Å². The summed E-state index contributed by atoms with van der Waals surface area (Å²) in [6, 6.07) is 11.3. The third-order valence-electron chi connectivity index (χ3n) is 6.32. The highest BCUT2D eigenvalue weighted by Gasteiger charge is 2.47. The summed E-state index contributed by atoms with van der Waals surface area (Å²) in [5, 5.41) is 11.9. The first-order valence-electron chi connectivity index (χ1n) is 11.3. The third kappa shape index (κ3) is 5.66. The quantitative estimate of drug-likeness (QED) is 0.575. The van der Waals surface area contributed by atoms with Gasteiger partial charge in [-0.25, -0.2) is 14.7 Å². The monoisotopic (exact) mass is 484 g/mol. The van der Waals surface area contributed by atoms with Crippen molar-refractivity contribution in [2.45, 2.75) is 31.9 Å². The molecule has 1 aromatic carbocycles. The van der Waals surface area contributed by atoms with E-state index >= 15 is 0 Å². The van der Waals surface area contributed by atoms with Crippen molar-refractivity contribution in [1.82, 2.24) is 20.1 Å². The zero-order valence-corrected chi connectivity index (χ0v) is 19.3. The number of halogens is 2. The van der Waals surface area contributed by atoms with Crippen LogP contribution in [0.4, 0.5) is 19.4 Å². The summed E-state index contributed by atoms with van der Waals surface area (Å²) in [4.78, 5) is 35.4. The highest BCUT2D eigenvalue weighted by molar-refractivity contribution is 6.06. The van der Waals surface area contributed by atoms with Crippen LogP contribution in [0.3, 0.4) is 0 Å². The van der Waals surface area contributed by atoms with E-state index in [0.717, 1.165) is 11.4 Å². The van der Waals surface area contributed by atoms with Gasteiger partial charge >= 0.3 is 12.6 Å². The zero-order chi connectivity index (χ0) is 25.0. The van der Waals surface area contributed by atoms with Crippen LogP contribution in [0.1, 0.15) is 24.5 Å². The van der Waals surface area contributed by atoms with Gasteiger partial charge in [0, 0.05) is 32.4 Å². The van der Waals surface area contributed by atoms with Crippen LogP contribution < -0.4 is 15.0 Å². The number of carbonyl (C=O) groups is 2. The van der Waals surface area contributed by atoms with E-state index in [-0.39, 0.29) is 18.3 Å². The molecule has 1 aromatic heterocycles. The van der Waals surface area contributed by atoms with E-state index in [1.165, 1.54) is 17.0 Å². The third-order valence-corrected chi connectivity index (χ3v) is 6.32. The van der Waals surface area contributed by atoms with Crippen LogP contribution in [0.25, 0.3) is 0 Å². The molecule has 0 saturated carbocycles. The number of carbonyl (C=O) groups excluding carboxylic acids is 2. The van der Waals surface area contributed by atoms with E-state index in [1.807, 2.05) is 4.90 Å². The van der Waals surface area contributed by atoms with Crippen molar-refractivity contribution in [1.29, 1.82) is 5.26 Å². The minimum Gasteiger partial charge on any atom is -0.435 e. The second kappa shape index (κ2) is 10.2. The molecule has 2 fully saturated rings. The molecule has 2 saturated heterocycles. The number of aryl methyl sites for hydroxylation is 1. The Morgan fingerprint density at radius 2 is 1.89 bits per heavy atom. The molecule has 0 aliphatic carbocycles. The second-order valence-electron chi connectivity index (χ2n) is 8.78. The lowest BCUT2D eigenvalue weighted by Gasteiger charge is -2.36. The summed E-state index contributed by atoms with van der Waals surface area (Å²) in [5.41, 5.74) is 0.352. The van der Waals surface area contributed by atoms with Gasteiger partial charge in [0.05, 0.1) is 18.3 Å². The largest absolute Gasteiger partial charge is 0.435 e. The molecular weight excluding hydrogens is 458 g/mol. The molecule has 4 rings (SSSR count). The number of nitriles is 1. The number of ether oxygens (including phenoxy) is 1. The van der Waals surface area contributed by atoms with Gasteiger partial charge in [0.1, 0.15) is 17.1 Å². The molecular formula is C24H26F2N6O3. The summed E-state index contributed by atoms with van der Waals surface area (Å²) < 4.78 is 29.0. The van der Waals surface area contributed by atoms with Gasteiger partial charge in [0.15, 0.2) is 0 Å². The van der Waals surface area contributed by atoms with Crippen molar-refractivity contribution in [3.63, 3.8) is 0 Å². The van der Waals surface area contributed by atoms with E-state index in [0.29, 0.717) is 44.6 Å². The fraction of sp³-hybridized carbons (Fsp3) is 0.417. The number of rotatable bonds is 8. The van der Waals surface area contributed by atoms with Crippen molar-refractivity contribution in [2.75, 3.05) is 37.7 Å². The Morgan fingerprint density at radius 3 is 2.54 bits per heavy atom. The molecule has 184 valence electrons. The summed E-state index contributed by atoms with van der Waals surface area (Å²) >= 11 is 0. The first-order valence-corrected chi connectivity index (χ1v) is 11.3. The predicted octanol–water partition coefficient (Wildman–Crippen LogP) is 2.58. The van der Waals surface area contributed by atoms with Crippen LogP contribution in [0.15, 0.2) is 42.6 Å². The van der Waals surface area contributed by atoms with Crippen LogP contribution in [0.5, 0.6) is 5.75 Å². The maximum absolute atomic E-state index is 13.1. The van der Waals surface area contributed by atoms with Gasteiger partial charge in [0.25, 0.3) is 5.91 Å². The van der Waals surface area contributed by atoms with E-state index < -0.39 is 18.2 Å². The number of nitrogens with one attached hydrogen (secondary N) is 1. The Hall–Kier alpha value is -3.78. The van der Waals surface area contributed by atoms with Crippen molar-refractivity contribution < 1.29 is 23.1 Å². The van der Waals surface area contributed by atoms with E-state index in [2.05, 4.69) is 26.0 Å². The summed E-state index contributed by atoms with van der Waals surface area (Å²) in [5.74, 6) is 0.520. The van der Waals surface area contributed by atoms with Gasteiger partial charge in [0.2, 0.25) is 0 Å². The molecule has 0 radical (unpaired) electrons. The normalized spacial score (nSPS) is 20.8. The molecule has 9 nitrogen and oxygen atoms in total. The number of aromatic nitrogens is 1. The van der Waals surface area contributed by atoms with Gasteiger partial charge in [-0.3, -0.25) is 9.69 Å². The molecule has 35 heavy (non-hydrogen) atoms. The first kappa shape index (κ1) is 24.3. The van der Waals surface area contributed by atoms with E-state index in [9.17, 15) is 18.4 Å². The molecule has 2 aliphatic rings. The molecule has 3 amide bonds. The van der Waals surface area contributed by atoms with Gasteiger partial charge < -0.3 is 15.0 Å². The van der Waals surface area contributed by atoms with Crippen LogP contribution in [0, 0.1) is 11.3 Å². The summed E-state index contributed by atoms with van der Waals surface area (Å²) in [6.45, 7) is 1.61. The SMILES string of the molecule is CC1(CCc2ccc(OC(F)F)cc2)NC(=O)N(CN2CCN(c3cc(C#N)ccn3)CC2)C1=O. The zero-order valence-electron chi connectivity index (χ0n) is 19.3. The highest BCUT2D eigenvalue weighted by atomic mass is 19.3. The molecule has 2 aliphatic heterocycles. The van der Waals surface area contributed by atoms with Crippen LogP contribution >= 0.6 is 0 Å². The van der Waals surface area contributed by atoms with Gasteiger partial charge in [-0.1, -0.05) is 12.1 Å². The second-order valence-corrected chi connectivity index (χ2v) is 8.78. The molecule has 1 unspecified atom stereocenters. The lowest BCUT2D eigenvalue weighted by Crippen LogP contribution is -2.52.